The lowest BCUT2D eigenvalue weighted by Gasteiger charge is -2.12. The number of carbonyl (C=O) groups is 1. The summed E-state index contributed by atoms with van der Waals surface area (Å²) in [7, 11) is 0. The maximum atomic E-state index is 11.8. The van der Waals surface area contributed by atoms with Gasteiger partial charge in [-0.1, -0.05) is 6.92 Å². The van der Waals surface area contributed by atoms with Crippen molar-refractivity contribution in [3.63, 3.8) is 0 Å². The van der Waals surface area contributed by atoms with E-state index in [-0.39, 0.29) is 17.6 Å². The molecule has 90 valence electrons. The smallest absolute Gasteiger partial charge is 0.274 e. The minimum absolute atomic E-state index is 0.0714. The normalized spacial score (nSPS) is 12.4. The molecule has 7 heteroatoms. The van der Waals surface area contributed by atoms with E-state index in [2.05, 4.69) is 25.7 Å². The first-order chi connectivity index (χ1) is 8.20. The molecule has 2 heterocycles. The van der Waals surface area contributed by atoms with Gasteiger partial charge in [0.2, 0.25) is 0 Å². The van der Waals surface area contributed by atoms with Gasteiger partial charge in [-0.05, 0) is 13.3 Å². The zero-order valence-corrected chi connectivity index (χ0v) is 10.4. The van der Waals surface area contributed by atoms with Gasteiger partial charge in [0.05, 0.1) is 12.2 Å². The molecule has 0 aliphatic rings. The summed E-state index contributed by atoms with van der Waals surface area (Å²) in [6.45, 7) is 3.94. The van der Waals surface area contributed by atoms with Gasteiger partial charge in [0, 0.05) is 11.1 Å². The predicted molar refractivity (Wildman–Crippen MR) is 63.7 cm³/mol. The molecule has 2 aromatic rings. The second kappa shape index (κ2) is 5.05. The van der Waals surface area contributed by atoms with Crippen LogP contribution in [-0.2, 0) is 0 Å². The van der Waals surface area contributed by atoms with Gasteiger partial charge in [0.25, 0.3) is 5.91 Å². The Balaban J connectivity index is 2.08. The number of aromatic nitrogens is 4. The molecule has 0 bridgehead atoms. The summed E-state index contributed by atoms with van der Waals surface area (Å²) in [5.74, 6) is -0.238. The zero-order chi connectivity index (χ0) is 12.3. The van der Waals surface area contributed by atoms with E-state index in [1.165, 1.54) is 6.20 Å². The van der Waals surface area contributed by atoms with Crippen molar-refractivity contribution in [1.29, 1.82) is 0 Å². The largest absolute Gasteiger partial charge is 0.341 e. The number of H-pyrrole nitrogens is 1. The van der Waals surface area contributed by atoms with Gasteiger partial charge in [-0.15, -0.1) is 11.3 Å². The summed E-state index contributed by atoms with van der Waals surface area (Å²) in [5, 5.41) is 15.5. The molecule has 17 heavy (non-hydrogen) atoms. The maximum absolute atomic E-state index is 11.8. The minimum Gasteiger partial charge on any atom is -0.341 e. The number of rotatable bonds is 4. The summed E-state index contributed by atoms with van der Waals surface area (Å²) in [6.07, 6.45) is 2.19. The molecule has 2 aromatic heterocycles. The molecule has 2 rings (SSSR count). The average molecular weight is 251 g/mol. The van der Waals surface area contributed by atoms with Crippen molar-refractivity contribution in [3.8, 4) is 0 Å². The Kier molecular flexibility index (Phi) is 3.48. The molecule has 0 aliphatic heterocycles. The Hall–Kier alpha value is -1.76. The zero-order valence-electron chi connectivity index (χ0n) is 9.60. The first kappa shape index (κ1) is 11.7. The third-order valence-electron chi connectivity index (χ3n) is 2.30. The Morgan fingerprint density at radius 2 is 2.47 bits per heavy atom. The molecule has 1 unspecified atom stereocenters. The SMILES string of the molecule is CCC(NC(=O)c1cn[nH]n1)c1nc(C)cs1. The van der Waals surface area contributed by atoms with E-state index in [9.17, 15) is 4.79 Å². The van der Waals surface area contributed by atoms with E-state index in [4.69, 9.17) is 0 Å². The highest BCUT2D eigenvalue weighted by Gasteiger charge is 2.18. The molecule has 0 radical (unpaired) electrons. The second-order valence-electron chi connectivity index (χ2n) is 3.62. The third-order valence-corrected chi connectivity index (χ3v) is 3.37. The summed E-state index contributed by atoms with van der Waals surface area (Å²) in [5.41, 5.74) is 1.26. The van der Waals surface area contributed by atoms with Crippen molar-refractivity contribution in [2.24, 2.45) is 0 Å². The molecule has 0 spiro atoms. The van der Waals surface area contributed by atoms with E-state index in [1.807, 2.05) is 19.2 Å². The van der Waals surface area contributed by atoms with Gasteiger partial charge >= 0.3 is 0 Å². The van der Waals surface area contributed by atoms with Gasteiger partial charge < -0.3 is 5.32 Å². The lowest BCUT2D eigenvalue weighted by Crippen LogP contribution is -2.28. The second-order valence-corrected chi connectivity index (χ2v) is 4.51. The van der Waals surface area contributed by atoms with E-state index < -0.39 is 0 Å². The highest BCUT2D eigenvalue weighted by molar-refractivity contribution is 7.09. The van der Waals surface area contributed by atoms with Crippen LogP contribution in [0.4, 0.5) is 0 Å². The van der Waals surface area contributed by atoms with Crippen LogP contribution in [0, 0.1) is 6.92 Å². The minimum atomic E-state index is -0.238. The number of nitrogens with zero attached hydrogens (tertiary/aromatic N) is 3. The lowest BCUT2D eigenvalue weighted by molar-refractivity contribution is 0.0930. The Morgan fingerprint density at radius 3 is 3.00 bits per heavy atom. The van der Waals surface area contributed by atoms with Crippen LogP contribution in [-0.4, -0.2) is 26.3 Å². The molecule has 0 aliphatic carbocycles. The summed E-state index contributed by atoms with van der Waals surface area (Å²) < 4.78 is 0. The molecular formula is C10H13N5OS. The monoisotopic (exact) mass is 251 g/mol. The van der Waals surface area contributed by atoms with Gasteiger partial charge in [-0.25, -0.2) is 4.98 Å². The topological polar surface area (TPSA) is 83.6 Å². The van der Waals surface area contributed by atoms with Crippen LogP contribution in [0.1, 0.15) is 40.6 Å². The van der Waals surface area contributed by atoms with Crippen LogP contribution in [0.25, 0.3) is 0 Å². The van der Waals surface area contributed by atoms with Crippen molar-refractivity contribution in [2.75, 3.05) is 0 Å². The average Bonchev–Trinajstić information content (AvgIpc) is 2.96. The van der Waals surface area contributed by atoms with E-state index in [0.717, 1.165) is 17.1 Å². The summed E-state index contributed by atoms with van der Waals surface area (Å²) >= 11 is 1.55. The number of thiazole rings is 1. The number of carbonyl (C=O) groups excluding carboxylic acids is 1. The maximum Gasteiger partial charge on any atom is 0.274 e. The molecular weight excluding hydrogens is 238 g/mol. The van der Waals surface area contributed by atoms with Crippen molar-refractivity contribution in [1.82, 2.24) is 25.7 Å². The van der Waals surface area contributed by atoms with E-state index in [0.29, 0.717) is 0 Å². The Labute approximate surface area is 102 Å². The quantitative estimate of drug-likeness (QED) is 0.861. The first-order valence-corrected chi connectivity index (χ1v) is 6.17. The van der Waals surface area contributed by atoms with E-state index in [1.54, 1.807) is 11.3 Å². The van der Waals surface area contributed by atoms with Gasteiger partial charge in [-0.2, -0.15) is 15.4 Å². The fourth-order valence-corrected chi connectivity index (χ4v) is 2.34. The molecule has 6 nitrogen and oxygen atoms in total. The number of aryl methyl sites for hydroxylation is 1. The van der Waals surface area contributed by atoms with Crippen molar-refractivity contribution in [3.05, 3.63) is 28.0 Å². The fourth-order valence-electron chi connectivity index (χ4n) is 1.41. The standard InChI is InChI=1S/C10H13N5OS/c1-3-7(10-12-6(2)5-17-10)13-9(16)8-4-11-15-14-8/h4-5,7H,3H2,1-2H3,(H,13,16)(H,11,14,15). The Bertz CT molecular complexity index is 493. The van der Waals surface area contributed by atoms with Gasteiger partial charge in [-0.3, -0.25) is 4.79 Å². The van der Waals surface area contributed by atoms with Crippen LogP contribution >= 0.6 is 11.3 Å². The van der Waals surface area contributed by atoms with Crippen LogP contribution in [0.5, 0.6) is 0 Å². The molecule has 1 amide bonds. The number of amides is 1. The number of aromatic amines is 1. The highest BCUT2D eigenvalue weighted by atomic mass is 32.1. The summed E-state index contributed by atoms with van der Waals surface area (Å²) in [4.78, 5) is 16.2. The molecule has 0 fully saturated rings. The molecule has 0 saturated carbocycles. The van der Waals surface area contributed by atoms with Crippen LogP contribution in [0.15, 0.2) is 11.6 Å². The van der Waals surface area contributed by atoms with Crippen molar-refractivity contribution in [2.45, 2.75) is 26.3 Å². The fraction of sp³-hybridized carbons (Fsp3) is 0.400. The number of nitrogens with one attached hydrogen (secondary N) is 2. The van der Waals surface area contributed by atoms with Crippen LogP contribution < -0.4 is 5.32 Å². The van der Waals surface area contributed by atoms with Crippen molar-refractivity contribution < 1.29 is 4.79 Å². The van der Waals surface area contributed by atoms with E-state index >= 15 is 0 Å². The molecule has 1 atom stereocenters. The van der Waals surface area contributed by atoms with Crippen LogP contribution in [0.2, 0.25) is 0 Å². The molecule has 2 N–H and O–H groups in total. The predicted octanol–water partition coefficient (Wildman–Crippen LogP) is 1.45. The molecule has 0 aromatic carbocycles. The lowest BCUT2D eigenvalue weighted by atomic mass is 10.2. The van der Waals surface area contributed by atoms with Crippen LogP contribution in [0.3, 0.4) is 0 Å². The van der Waals surface area contributed by atoms with Crippen molar-refractivity contribution >= 4 is 17.2 Å². The van der Waals surface area contributed by atoms with Gasteiger partial charge in [0.1, 0.15) is 5.01 Å². The van der Waals surface area contributed by atoms with Gasteiger partial charge in [0.15, 0.2) is 5.69 Å². The third kappa shape index (κ3) is 2.68. The Morgan fingerprint density at radius 1 is 1.65 bits per heavy atom. The summed E-state index contributed by atoms with van der Waals surface area (Å²) in [6, 6.07) is -0.0714. The molecule has 0 saturated heterocycles. The number of hydrogen-bond donors (Lipinski definition) is 2. The number of hydrogen-bond acceptors (Lipinski definition) is 5. The highest BCUT2D eigenvalue weighted by Crippen LogP contribution is 2.20. The first-order valence-electron chi connectivity index (χ1n) is 5.29.